The fourth-order valence-electron chi connectivity index (χ4n) is 2.21. The Morgan fingerprint density at radius 3 is 2.78 bits per heavy atom. The first kappa shape index (κ1) is 16.5. The number of thiazole rings is 2. The fourth-order valence-corrected chi connectivity index (χ4v) is 3.89. The molecule has 124 valence electrons. The first-order chi connectivity index (χ1) is 11.1. The molecule has 6 nitrogen and oxygen atoms in total. The van der Waals surface area contributed by atoms with Crippen molar-refractivity contribution in [3.8, 4) is 0 Å². The second-order valence-corrected chi connectivity index (χ2v) is 7.50. The van der Waals surface area contributed by atoms with Crippen LogP contribution in [0.15, 0.2) is 10.8 Å². The molecule has 0 spiro atoms. The van der Waals surface area contributed by atoms with Gasteiger partial charge in [0.25, 0.3) is 5.91 Å². The van der Waals surface area contributed by atoms with Crippen molar-refractivity contribution in [1.29, 1.82) is 0 Å². The largest absolute Gasteiger partial charge is 0.379 e. The number of amides is 1. The second kappa shape index (κ2) is 7.48. The first-order valence-electron chi connectivity index (χ1n) is 7.63. The predicted molar refractivity (Wildman–Crippen MR) is 92.4 cm³/mol. The molecular formula is C15H20N4O2S2. The number of hydrogen-bond acceptors (Lipinski definition) is 7. The molecule has 1 aliphatic heterocycles. The van der Waals surface area contributed by atoms with Crippen molar-refractivity contribution in [3.05, 3.63) is 27.2 Å². The summed E-state index contributed by atoms with van der Waals surface area (Å²) in [5.74, 6) is 0.162. The minimum absolute atomic E-state index is 0.195. The lowest BCUT2D eigenvalue weighted by atomic mass is 10.2. The molecule has 23 heavy (non-hydrogen) atoms. The summed E-state index contributed by atoms with van der Waals surface area (Å²) in [4.78, 5) is 23.4. The Morgan fingerprint density at radius 2 is 2.09 bits per heavy atom. The molecule has 0 aliphatic carbocycles. The lowest BCUT2D eigenvalue weighted by Crippen LogP contribution is -2.35. The SMILES string of the molecule is CC(C)c1csc(NC(=O)c2csc(CN3CCOCC3)n2)n1. The van der Waals surface area contributed by atoms with Gasteiger partial charge in [0.05, 0.1) is 25.5 Å². The summed E-state index contributed by atoms with van der Waals surface area (Å²) in [6.07, 6.45) is 0. The van der Waals surface area contributed by atoms with Gasteiger partial charge in [-0.25, -0.2) is 9.97 Å². The number of carbonyl (C=O) groups is 1. The maximum absolute atomic E-state index is 12.3. The standard InChI is InChI=1S/C15H20N4O2S2/c1-10(2)11-8-23-15(17-11)18-14(20)12-9-22-13(16-12)7-19-3-5-21-6-4-19/h8-10H,3-7H2,1-2H3,(H,17,18,20). The van der Waals surface area contributed by atoms with Crippen LogP contribution in [0.3, 0.4) is 0 Å². The van der Waals surface area contributed by atoms with E-state index in [2.05, 4.69) is 34.0 Å². The molecule has 3 rings (SSSR count). The first-order valence-corrected chi connectivity index (χ1v) is 9.39. The third-order valence-electron chi connectivity index (χ3n) is 3.58. The summed E-state index contributed by atoms with van der Waals surface area (Å²) in [5, 5.41) is 8.20. The van der Waals surface area contributed by atoms with E-state index in [1.165, 1.54) is 22.7 Å². The molecule has 3 heterocycles. The highest BCUT2D eigenvalue weighted by Crippen LogP contribution is 2.22. The third-order valence-corrected chi connectivity index (χ3v) is 5.19. The summed E-state index contributed by atoms with van der Waals surface area (Å²) in [7, 11) is 0. The molecule has 1 N–H and O–H groups in total. The highest BCUT2D eigenvalue weighted by atomic mass is 32.1. The maximum Gasteiger partial charge on any atom is 0.276 e. The van der Waals surface area contributed by atoms with Crippen molar-refractivity contribution in [2.24, 2.45) is 0 Å². The van der Waals surface area contributed by atoms with Crippen LogP contribution in [0.5, 0.6) is 0 Å². The molecule has 0 aromatic carbocycles. The summed E-state index contributed by atoms with van der Waals surface area (Å²) >= 11 is 2.97. The molecule has 2 aromatic heterocycles. The molecule has 1 amide bonds. The van der Waals surface area contributed by atoms with Gasteiger partial charge in [0.15, 0.2) is 5.13 Å². The van der Waals surface area contributed by atoms with Crippen LogP contribution in [-0.4, -0.2) is 47.1 Å². The zero-order chi connectivity index (χ0) is 16.2. The van der Waals surface area contributed by atoms with Crippen LogP contribution in [-0.2, 0) is 11.3 Å². The average Bonchev–Trinajstić information content (AvgIpc) is 3.18. The van der Waals surface area contributed by atoms with Crippen molar-refractivity contribution in [3.63, 3.8) is 0 Å². The summed E-state index contributed by atoms with van der Waals surface area (Å²) < 4.78 is 5.34. The number of anilines is 1. The van der Waals surface area contributed by atoms with E-state index in [-0.39, 0.29) is 5.91 Å². The quantitative estimate of drug-likeness (QED) is 0.896. The minimum Gasteiger partial charge on any atom is -0.379 e. The van der Waals surface area contributed by atoms with E-state index in [0.29, 0.717) is 16.7 Å². The van der Waals surface area contributed by atoms with Crippen LogP contribution in [0.2, 0.25) is 0 Å². The van der Waals surface area contributed by atoms with Crippen LogP contribution < -0.4 is 5.32 Å². The van der Waals surface area contributed by atoms with Crippen LogP contribution in [0, 0.1) is 0 Å². The number of hydrogen-bond donors (Lipinski definition) is 1. The topological polar surface area (TPSA) is 67.4 Å². The Labute approximate surface area is 143 Å². The number of aromatic nitrogens is 2. The smallest absolute Gasteiger partial charge is 0.276 e. The van der Waals surface area contributed by atoms with Crippen LogP contribution in [0.1, 0.15) is 41.0 Å². The van der Waals surface area contributed by atoms with E-state index in [1.807, 2.05) is 10.8 Å². The van der Waals surface area contributed by atoms with Crippen LogP contribution in [0.4, 0.5) is 5.13 Å². The van der Waals surface area contributed by atoms with Crippen molar-refractivity contribution >= 4 is 33.7 Å². The molecule has 1 aliphatic rings. The van der Waals surface area contributed by atoms with E-state index in [9.17, 15) is 4.79 Å². The lowest BCUT2D eigenvalue weighted by molar-refractivity contribution is 0.0341. The van der Waals surface area contributed by atoms with Gasteiger partial charge in [-0.15, -0.1) is 22.7 Å². The Balaban J connectivity index is 1.59. The lowest BCUT2D eigenvalue weighted by Gasteiger charge is -2.25. The number of ether oxygens (including phenoxy) is 1. The average molecular weight is 352 g/mol. The molecule has 0 atom stereocenters. The van der Waals surface area contributed by atoms with Gasteiger partial charge in [0.1, 0.15) is 10.7 Å². The zero-order valence-electron chi connectivity index (χ0n) is 13.2. The Kier molecular flexibility index (Phi) is 5.37. The molecule has 2 aromatic rings. The number of nitrogens with one attached hydrogen (secondary N) is 1. The molecule has 1 fully saturated rings. The van der Waals surface area contributed by atoms with E-state index in [0.717, 1.165) is 43.5 Å². The van der Waals surface area contributed by atoms with Crippen LogP contribution in [0.25, 0.3) is 0 Å². The van der Waals surface area contributed by atoms with Gasteiger partial charge >= 0.3 is 0 Å². The second-order valence-electron chi connectivity index (χ2n) is 5.70. The number of carbonyl (C=O) groups excluding carboxylic acids is 1. The summed E-state index contributed by atoms with van der Waals surface area (Å²) in [6.45, 7) is 8.30. The zero-order valence-corrected chi connectivity index (χ0v) is 14.9. The molecule has 8 heteroatoms. The van der Waals surface area contributed by atoms with E-state index in [1.54, 1.807) is 0 Å². The number of nitrogens with zero attached hydrogens (tertiary/aromatic N) is 3. The Morgan fingerprint density at radius 1 is 1.30 bits per heavy atom. The van der Waals surface area contributed by atoms with Gasteiger partial charge in [0.2, 0.25) is 0 Å². The van der Waals surface area contributed by atoms with E-state index in [4.69, 9.17) is 4.74 Å². The van der Waals surface area contributed by atoms with Crippen molar-refractivity contribution in [2.45, 2.75) is 26.3 Å². The summed E-state index contributed by atoms with van der Waals surface area (Å²) in [5.41, 5.74) is 1.45. The van der Waals surface area contributed by atoms with Gasteiger partial charge in [-0.2, -0.15) is 0 Å². The molecule has 0 unspecified atom stereocenters. The van der Waals surface area contributed by atoms with Crippen molar-refractivity contribution < 1.29 is 9.53 Å². The van der Waals surface area contributed by atoms with E-state index < -0.39 is 0 Å². The van der Waals surface area contributed by atoms with Gasteiger partial charge in [-0.05, 0) is 5.92 Å². The molecule has 0 radical (unpaired) electrons. The van der Waals surface area contributed by atoms with Crippen LogP contribution >= 0.6 is 22.7 Å². The van der Waals surface area contributed by atoms with Gasteiger partial charge in [-0.1, -0.05) is 13.8 Å². The summed E-state index contributed by atoms with van der Waals surface area (Å²) in [6, 6.07) is 0. The van der Waals surface area contributed by atoms with Gasteiger partial charge < -0.3 is 4.74 Å². The molecule has 0 saturated carbocycles. The normalized spacial score (nSPS) is 16.0. The van der Waals surface area contributed by atoms with Gasteiger partial charge in [0, 0.05) is 23.8 Å². The van der Waals surface area contributed by atoms with Gasteiger partial charge in [-0.3, -0.25) is 15.0 Å². The third kappa shape index (κ3) is 4.35. The van der Waals surface area contributed by atoms with Crippen molar-refractivity contribution in [1.82, 2.24) is 14.9 Å². The fraction of sp³-hybridized carbons (Fsp3) is 0.533. The maximum atomic E-state index is 12.3. The van der Waals surface area contributed by atoms with Crippen molar-refractivity contribution in [2.75, 3.05) is 31.6 Å². The number of rotatable bonds is 5. The number of morpholine rings is 1. The highest BCUT2D eigenvalue weighted by molar-refractivity contribution is 7.14. The predicted octanol–water partition coefficient (Wildman–Crippen LogP) is 2.81. The molecular weight excluding hydrogens is 332 g/mol. The minimum atomic E-state index is -0.195. The monoisotopic (exact) mass is 352 g/mol. The highest BCUT2D eigenvalue weighted by Gasteiger charge is 2.16. The molecule has 0 bridgehead atoms. The molecule has 1 saturated heterocycles. The van der Waals surface area contributed by atoms with E-state index >= 15 is 0 Å². The Bertz CT molecular complexity index is 662. The Hall–Kier alpha value is -1.35.